The third-order valence-electron chi connectivity index (χ3n) is 4.59. The van der Waals surface area contributed by atoms with Gasteiger partial charge in [0, 0.05) is 37.4 Å². The van der Waals surface area contributed by atoms with Crippen molar-refractivity contribution < 1.29 is 13.2 Å². The molecule has 1 aliphatic rings. The fourth-order valence-electron chi connectivity index (χ4n) is 3.10. The first-order valence-corrected chi connectivity index (χ1v) is 9.75. The van der Waals surface area contributed by atoms with Crippen LogP contribution in [0.3, 0.4) is 0 Å². The lowest BCUT2D eigenvalue weighted by Gasteiger charge is -2.36. The predicted molar refractivity (Wildman–Crippen MR) is 98.6 cm³/mol. The van der Waals surface area contributed by atoms with Crippen LogP contribution in [0.2, 0.25) is 0 Å². The lowest BCUT2D eigenvalue weighted by Crippen LogP contribution is -2.48. The van der Waals surface area contributed by atoms with E-state index in [1.165, 1.54) is 28.9 Å². The fourth-order valence-corrected chi connectivity index (χ4v) is 4.52. The number of anilines is 1. The number of nitrogens with zero attached hydrogens (tertiary/aromatic N) is 2. The van der Waals surface area contributed by atoms with Gasteiger partial charge in [-0.2, -0.15) is 4.31 Å². The van der Waals surface area contributed by atoms with E-state index in [0.29, 0.717) is 31.7 Å². The molecule has 0 radical (unpaired) electrons. The molecule has 2 aromatic carbocycles. The molecule has 0 unspecified atom stereocenters. The number of piperazine rings is 1. The first-order valence-electron chi connectivity index (χ1n) is 8.31. The van der Waals surface area contributed by atoms with E-state index in [2.05, 4.69) is 24.0 Å². The van der Waals surface area contributed by atoms with Crippen LogP contribution in [0.1, 0.15) is 22.8 Å². The summed E-state index contributed by atoms with van der Waals surface area (Å²) in [7, 11) is -3.52. The van der Waals surface area contributed by atoms with Crippen LogP contribution in [-0.4, -0.2) is 44.7 Å². The zero-order valence-electron chi connectivity index (χ0n) is 14.5. The summed E-state index contributed by atoms with van der Waals surface area (Å²) in [6.07, 6.45) is 0. The van der Waals surface area contributed by atoms with E-state index in [0.717, 1.165) is 5.69 Å². The van der Waals surface area contributed by atoms with E-state index in [1.807, 2.05) is 12.1 Å². The second kappa shape index (κ2) is 6.98. The Morgan fingerprint density at radius 2 is 1.52 bits per heavy atom. The molecule has 2 aromatic rings. The number of aryl methyl sites for hydroxylation is 1. The molecular weight excluding hydrogens is 336 g/mol. The summed E-state index contributed by atoms with van der Waals surface area (Å²) in [6.45, 7) is 5.75. The third-order valence-corrected chi connectivity index (χ3v) is 6.51. The molecule has 0 saturated carbocycles. The Balaban J connectivity index is 1.73. The van der Waals surface area contributed by atoms with Gasteiger partial charge in [0.05, 0.1) is 4.90 Å². The molecule has 0 aromatic heterocycles. The maximum Gasteiger partial charge on any atom is 0.243 e. The Morgan fingerprint density at radius 1 is 0.920 bits per heavy atom. The van der Waals surface area contributed by atoms with Crippen LogP contribution in [-0.2, 0) is 10.0 Å². The maximum atomic E-state index is 12.8. The van der Waals surface area contributed by atoms with E-state index in [1.54, 1.807) is 12.1 Å². The largest absolute Gasteiger partial charge is 0.369 e. The normalized spacial score (nSPS) is 16.0. The highest BCUT2D eigenvalue weighted by atomic mass is 32.2. The van der Waals surface area contributed by atoms with E-state index < -0.39 is 10.0 Å². The Hall–Kier alpha value is -2.18. The number of sulfonamides is 1. The first kappa shape index (κ1) is 17.6. The molecule has 132 valence electrons. The van der Waals surface area contributed by atoms with Crippen molar-refractivity contribution in [2.75, 3.05) is 31.1 Å². The number of benzene rings is 2. The zero-order chi connectivity index (χ0) is 18.0. The Labute approximate surface area is 148 Å². The number of hydrogen-bond donors (Lipinski definition) is 0. The average Bonchev–Trinajstić information content (AvgIpc) is 2.62. The average molecular weight is 358 g/mol. The number of carbonyl (C=O) groups excluding carboxylic acids is 1. The minimum Gasteiger partial charge on any atom is -0.369 e. The zero-order valence-corrected chi connectivity index (χ0v) is 15.3. The van der Waals surface area contributed by atoms with Gasteiger partial charge >= 0.3 is 0 Å². The summed E-state index contributed by atoms with van der Waals surface area (Å²) in [5, 5.41) is 0. The van der Waals surface area contributed by atoms with E-state index in [-0.39, 0.29) is 10.7 Å². The number of Topliss-reactive ketones (excluding diaryl/α,β-unsaturated/α-hetero) is 1. The van der Waals surface area contributed by atoms with Crippen molar-refractivity contribution in [3.63, 3.8) is 0 Å². The second-order valence-corrected chi connectivity index (χ2v) is 8.20. The molecule has 1 fully saturated rings. The van der Waals surface area contributed by atoms with Crippen molar-refractivity contribution in [3.8, 4) is 0 Å². The monoisotopic (exact) mass is 358 g/mol. The van der Waals surface area contributed by atoms with Gasteiger partial charge in [-0.25, -0.2) is 8.42 Å². The summed E-state index contributed by atoms with van der Waals surface area (Å²) in [5.74, 6) is -0.0733. The highest BCUT2D eigenvalue weighted by Gasteiger charge is 2.28. The Kier molecular flexibility index (Phi) is 4.92. The van der Waals surface area contributed by atoms with Gasteiger partial charge in [-0.15, -0.1) is 0 Å². The van der Waals surface area contributed by atoms with Gasteiger partial charge in [-0.1, -0.05) is 30.3 Å². The highest BCUT2D eigenvalue weighted by Crippen LogP contribution is 2.23. The molecule has 0 bridgehead atoms. The summed E-state index contributed by atoms with van der Waals surface area (Å²) >= 11 is 0. The second-order valence-electron chi connectivity index (χ2n) is 6.26. The van der Waals surface area contributed by atoms with Gasteiger partial charge in [0.25, 0.3) is 0 Å². The molecule has 5 nitrogen and oxygen atoms in total. The Bertz CT molecular complexity index is 868. The van der Waals surface area contributed by atoms with Crippen LogP contribution < -0.4 is 4.90 Å². The number of hydrogen-bond acceptors (Lipinski definition) is 4. The maximum absolute atomic E-state index is 12.8. The van der Waals surface area contributed by atoms with Crippen LogP contribution in [0.5, 0.6) is 0 Å². The molecule has 1 saturated heterocycles. The minimum absolute atomic E-state index is 0.0733. The first-order chi connectivity index (χ1) is 11.9. The molecule has 25 heavy (non-hydrogen) atoms. The molecule has 0 N–H and O–H groups in total. The molecule has 1 aliphatic heterocycles. The minimum atomic E-state index is -3.52. The van der Waals surface area contributed by atoms with Crippen molar-refractivity contribution in [2.24, 2.45) is 0 Å². The van der Waals surface area contributed by atoms with Gasteiger partial charge in [0.2, 0.25) is 10.0 Å². The lowest BCUT2D eigenvalue weighted by atomic mass is 10.1. The summed E-state index contributed by atoms with van der Waals surface area (Å²) < 4.78 is 27.1. The Morgan fingerprint density at radius 3 is 2.08 bits per heavy atom. The van der Waals surface area contributed by atoms with Crippen LogP contribution >= 0.6 is 0 Å². The van der Waals surface area contributed by atoms with Crippen LogP contribution in [0.25, 0.3) is 0 Å². The van der Waals surface area contributed by atoms with E-state index in [9.17, 15) is 13.2 Å². The molecule has 0 spiro atoms. The van der Waals surface area contributed by atoms with Gasteiger partial charge < -0.3 is 4.90 Å². The van der Waals surface area contributed by atoms with E-state index >= 15 is 0 Å². The molecule has 0 amide bonds. The highest BCUT2D eigenvalue weighted by molar-refractivity contribution is 7.89. The van der Waals surface area contributed by atoms with Crippen molar-refractivity contribution >= 4 is 21.5 Å². The molecule has 6 heteroatoms. The quantitative estimate of drug-likeness (QED) is 0.789. The van der Waals surface area contributed by atoms with Crippen molar-refractivity contribution in [1.82, 2.24) is 4.31 Å². The van der Waals surface area contributed by atoms with Gasteiger partial charge in [0.15, 0.2) is 5.78 Å². The van der Waals surface area contributed by atoms with Crippen LogP contribution in [0.4, 0.5) is 5.69 Å². The number of para-hydroxylation sites is 1. The lowest BCUT2D eigenvalue weighted by molar-refractivity contribution is 0.101. The number of rotatable bonds is 4. The van der Waals surface area contributed by atoms with Crippen molar-refractivity contribution in [3.05, 3.63) is 59.7 Å². The predicted octanol–water partition coefficient (Wildman–Crippen LogP) is 2.71. The van der Waals surface area contributed by atoms with Crippen LogP contribution in [0.15, 0.2) is 53.4 Å². The molecular formula is C19H22N2O3S. The number of ketones is 1. The number of carbonyl (C=O) groups is 1. The molecule has 3 rings (SSSR count). The molecule has 1 heterocycles. The third kappa shape index (κ3) is 3.60. The molecule has 0 aliphatic carbocycles. The summed E-state index contributed by atoms with van der Waals surface area (Å²) in [4.78, 5) is 13.8. The van der Waals surface area contributed by atoms with Gasteiger partial charge in [0.1, 0.15) is 0 Å². The van der Waals surface area contributed by atoms with Gasteiger partial charge in [-0.3, -0.25) is 4.79 Å². The SMILES string of the molecule is CC(=O)c1ccc(S(=O)(=O)N2CCN(c3ccccc3C)CC2)cc1. The molecule has 0 atom stereocenters. The van der Waals surface area contributed by atoms with E-state index in [4.69, 9.17) is 0 Å². The summed E-state index contributed by atoms with van der Waals surface area (Å²) in [6, 6.07) is 14.3. The van der Waals surface area contributed by atoms with Crippen molar-refractivity contribution in [1.29, 1.82) is 0 Å². The summed E-state index contributed by atoms with van der Waals surface area (Å²) in [5.41, 5.74) is 2.87. The van der Waals surface area contributed by atoms with Crippen molar-refractivity contribution in [2.45, 2.75) is 18.7 Å². The topological polar surface area (TPSA) is 57.7 Å². The van der Waals surface area contributed by atoms with Gasteiger partial charge in [-0.05, 0) is 37.6 Å². The van der Waals surface area contributed by atoms with Crippen LogP contribution in [0, 0.1) is 6.92 Å². The standard InChI is InChI=1S/C19H22N2O3S/c1-15-5-3-4-6-19(15)20-11-13-21(14-12-20)25(23,24)18-9-7-17(8-10-18)16(2)22/h3-10H,11-14H2,1-2H3. The fraction of sp³-hybridized carbons (Fsp3) is 0.316. The smallest absolute Gasteiger partial charge is 0.243 e.